The topological polar surface area (TPSA) is 101 Å². The fraction of sp³-hybridized carbons (Fsp3) is 0.409. The van der Waals surface area contributed by atoms with E-state index < -0.39 is 25.5 Å². The van der Waals surface area contributed by atoms with Gasteiger partial charge in [0.2, 0.25) is 10.0 Å². The molecule has 4 rings (SSSR count). The monoisotopic (exact) mass is 478 g/mol. The average Bonchev–Trinajstić information content (AvgIpc) is 3.02. The van der Waals surface area contributed by atoms with Gasteiger partial charge in [0.15, 0.2) is 9.84 Å². The molecule has 32 heavy (non-hydrogen) atoms. The van der Waals surface area contributed by atoms with Crippen molar-refractivity contribution < 1.29 is 26.4 Å². The van der Waals surface area contributed by atoms with Crippen molar-refractivity contribution in [3.8, 4) is 0 Å². The number of piperidine rings is 1. The summed E-state index contributed by atoms with van der Waals surface area (Å²) in [6.07, 6.45) is 1.49. The lowest BCUT2D eigenvalue weighted by atomic mass is 9.92. The lowest BCUT2D eigenvalue weighted by Crippen LogP contribution is -2.48. The Hall–Kier alpha value is -2.43. The maximum absolute atomic E-state index is 13.0. The molecule has 2 aromatic rings. The molecule has 0 N–H and O–H groups in total. The summed E-state index contributed by atoms with van der Waals surface area (Å²) in [7, 11) is -7.27. The van der Waals surface area contributed by atoms with Crippen LogP contribution >= 0.6 is 0 Å². The lowest BCUT2D eigenvalue weighted by molar-refractivity contribution is 0.0172. The molecule has 2 fully saturated rings. The van der Waals surface area contributed by atoms with Crippen LogP contribution < -0.4 is 0 Å². The van der Waals surface area contributed by atoms with Crippen LogP contribution in [0.4, 0.5) is 4.79 Å². The number of hydrogen-bond donors (Lipinski definition) is 0. The number of carbonyl (C=O) groups is 1. The Morgan fingerprint density at radius 2 is 1.56 bits per heavy atom. The Morgan fingerprint density at radius 3 is 2.22 bits per heavy atom. The minimum absolute atomic E-state index is 0.0262. The first-order valence-corrected chi connectivity index (χ1v) is 13.9. The van der Waals surface area contributed by atoms with Crippen LogP contribution in [0.2, 0.25) is 0 Å². The maximum atomic E-state index is 13.0. The van der Waals surface area contributed by atoms with Crippen LogP contribution in [0.5, 0.6) is 0 Å². The van der Waals surface area contributed by atoms with Crippen molar-refractivity contribution in [3.05, 3.63) is 65.7 Å². The van der Waals surface area contributed by atoms with E-state index in [1.54, 1.807) is 17.0 Å². The zero-order chi connectivity index (χ0) is 23.0. The molecule has 0 saturated carbocycles. The predicted octanol–water partition coefficient (Wildman–Crippen LogP) is 2.41. The van der Waals surface area contributed by atoms with Crippen LogP contribution in [-0.2, 0) is 36.9 Å². The van der Waals surface area contributed by atoms with E-state index in [9.17, 15) is 21.6 Å². The molecule has 10 heteroatoms. The molecule has 0 aliphatic carbocycles. The van der Waals surface area contributed by atoms with Crippen molar-refractivity contribution in [2.75, 3.05) is 25.9 Å². The van der Waals surface area contributed by atoms with E-state index in [-0.39, 0.29) is 35.4 Å². The van der Waals surface area contributed by atoms with E-state index in [1.807, 2.05) is 30.3 Å². The summed E-state index contributed by atoms with van der Waals surface area (Å²) < 4.78 is 57.1. The summed E-state index contributed by atoms with van der Waals surface area (Å²) >= 11 is 0. The number of hydrogen-bond acceptors (Lipinski definition) is 6. The summed E-state index contributed by atoms with van der Waals surface area (Å²) in [6, 6.07) is 15.8. The molecule has 2 aliphatic rings. The highest BCUT2D eigenvalue weighted by atomic mass is 32.2. The SMILES string of the molecule is CS(=O)(=O)c1ccccc1CS(=O)(=O)N1CCC2(CC1)CN(Cc1ccccc1)C(=O)O2. The van der Waals surface area contributed by atoms with E-state index in [4.69, 9.17) is 4.74 Å². The number of benzene rings is 2. The van der Waals surface area contributed by atoms with E-state index in [0.29, 0.717) is 25.9 Å². The fourth-order valence-electron chi connectivity index (χ4n) is 4.32. The Bertz CT molecular complexity index is 1200. The van der Waals surface area contributed by atoms with Gasteiger partial charge in [0, 0.05) is 38.7 Å². The highest BCUT2D eigenvalue weighted by Crippen LogP contribution is 2.35. The van der Waals surface area contributed by atoms with Gasteiger partial charge in [-0.25, -0.2) is 25.9 Å². The Balaban J connectivity index is 1.42. The summed E-state index contributed by atoms with van der Waals surface area (Å²) in [5, 5.41) is 0. The van der Waals surface area contributed by atoms with Gasteiger partial charge in [0.25, 0.3) is 0 Å². The number of ether oxygens (including phenoxy) is 1. The molecule has 172 valence electrons. The van der Waals surface area contributed by atoms with Crippen LogP contribution in [0.25, 0.3) is 0 Å². The summed E-state index contributed by atoms with van der Waals surface area (Å²) in [5.74, 6) is -0.386. The maximum Gasteiger partial charge on any atom is 0.410 e. The normalized spacial score (nSPS) is 19.3. The van der Waals surface area contributed by atoms with E-state index >= 15 is 0 Å². The molecule has 1 amide bonds. The molecule has 0 bridgehead atoms. The summed E-state index contributed by atoms with van der Waals surface area (Å²) in [4.78, 5) is 14.1. The van der Waals surface area contributed by atoms with Crippen molar-refractivity contribution in [3.63, 3.8) is 0 Å². The first-order valence-electron chi connectivity index (χ1n) is 10.4. The van der Waals surface area contributed by atoms with Crippen LogP contribution in [0.1, 0.15) is 24.0 Å². The number of sulfonamides is 1. The minimum atomic E-state index is -3.73. The van der Waals surface area contributed by atoms with E-state index in [1.165, 1.54) is 16.4 Å². The molecule has 2 aliphatic heterocycles. The second-order valence-electron chi connectivity index (χ2n) is 8.43. The van der Waals surface area contributed by atoms with Crippen LogP contribution in [0.3, 0.4) is 0 Å². The second kappa shape index (κ2) is 8.49. The summed E-state index contributed by atoms with van der Waals surface area (Å²) in [6.45, 7) is 1.31. The van der Waals surface area contributed by atoms with E-state index in [2.05, 4.69) is 0 Å². The third-order valence-electron chi connectivity index (χ3n) is 5.99. The highest BCUT2D eigenvalue weighted by Gasteiger charge is 2.48. The van der Waals surface area contributed by atoms with Gasteiger partial charge in [0.1, 0.15) is 5.60 Å². The molecule has 0 aromatic heterocycles. The standard InChI is InChI=1S/C22H26N2O6S2/c1-31(26,27)20-10-6-5-9-19(20)16-32(28,29)24-13-11-22(12-14-24)17-23(21(25)30-22)15-18-7-3-2-4-8-18/h2-10H,11-17H2,1H3. The van der Waals surface area contributed by atoms with Gasteiger partial charge in [-0.2, -0.15) is 0 Å². The predicted molar refractivity (Wildman–Crippen MR) is 119 cm³/mol. The van der Waals surface area contributed by atoms with Gasteiger partial charge in [-0.15, -0.1) is 0 Å². The molecule has 2 heterocycles. The summed E-state index contributed by atoms with van der Waals surface area (Å²) in [5.41, 5.74) is 0.574. The van der Waals surface area contributed by atoms with Crippen molar-refractivity contribution >= 4 is 26.0 Å². The number of amides is 1. The quantitative estimate of drug-likeness (QED) is 0.632. The molecule has 1 spiro atoms. The molecule has 2 aromatic carbocycles. The van der Waals surface area contributed by atoms with Crippen LogP contribution in [0.15, 0.2) is 59.5 Å². The first-order chi connectivity index (χ1) is 15.1. The molecular weight excluding hydrogens is 452 g/mol. The highest BCUT2D eigenvalue weighted by molar-refractivity contribution is 7.91. The smallest absolute Gasteiger partial charge is 0.410 e. The molecule has 0 radical (unpaired) electrons. The molecule has 0 atom stereocenters. The van der Waals surface area contributed by atoms with Gasteiger partial charge < -0.3 is 4.74 Å². The minimum Gasteiger partial charge on any atom is -0.441 e. The zero-order valence-electron chi connectivity index (χ0n) is 17.8. The van der Waals surface area contributed by atoms with Crippen molar-refractivity contribution in [1.29, 1.82) is 0 Å². The molecule has 0 unspecified atom stereocenters. The largest absolute Gasteiger partial charge is 0.441 e. The van der Waals surface area contributed by atoms with Gasteiger partial charge in [-0.3, -0.25) is 4.90 Å². The molecule has 8 nitrogen and oxygen atoms in total. The number of nitrogens with zero attached hydrogens (tertiary/aromatic N) is 2. The number of sulfone groups is 1. The van der Waals surface area contributed by atoms with Gasteiger partial charge in [-0.05, 0) is 17.2 Å². The third kappa shape index (κ3) is 4.82. The average molecular weight is 479 g/mol. The van der Waals surface area contributed by atoms with Crippen molar-refractivity contribution in [2.24, 2.45) is 0 Å². The van der Waals surface area contributed by atoms with Gasteiger partial charge in [0.05, 0.1) is 17.2 Å². The number of carbonyl (C=O) groups excluding carboxylic acids is 1. The van der Waals surface area contributed by atoms with Crippen LogP contribution in [-0.4, -0.2) is 63.6 Å². The van der Waals surface area contributed by atoms with Crippen molar-refractivity contribution in [1.82, 2.24) is 9.21 Å². The second-order valence-corrected chi connectivity index (χ2v) is 12.4. The first kappa shape index (κ1) is 22.8. The van der Waals surface area contributed by atoms with Crippen LogP contribution in [0, 0.1) is 0 Å². The molecule has 2 saturated heterocycles. The Kier molecular flexibility index (Phi) is 6.04. The fourth-order valence-corrected chi connectivity index (χ4v) is 6.92. The number of rotatable bonds is 6. The van der Waals surface area contributed by atoms with E-state index in [0.717, 1.165) is 11.8 Å². The molecular formula is C22H26N2O6S2. The zero-order valence-corrected chi connectivity index (χ0v) is 19.4. The van der Waals surface area contributed by atoms with Gasteiger partial charge in [-0.1, -0.05) is 48.5 Å². The third-order valence-corrected chi connectivity index (χ3v) is 9.02. The lowest BCUT2D eigenvalue weighted by Gasteiger charge is -2.36. The Morgan fingerprint density at radius 1 is 0.938 bits per heavy atom. The van der Waals surface area contributed by atoms with Gasteiger partial charge >= 0.3 is 6.09 Å². The Labute approximate surface area is 188 Å². The van der Waals surface area contributed by atoms with Crippen molar-refractivity contribution in [2.45, 2.75) is 35.6 Å².